The first kappa shape index (κ1) is 9.92. The minimum absolute atomic E-state index is 0.185. The normalized spacial score (nSPS) is 13.4. The molecule has 74 valence electrons. The molecule has 2 aromatic rings. The van der Waals surface area contributed by atoms with E-state index in [0.29, 0.717) is 10.6 Å². The predicted molar refractivity (Wildman–Crippen MR) is 51.2 cm³/mol. The first-order valence-corrected chi connectivity index (χ1v) is 5.26. The third-order valence-electron chi connectivity index (χ3n) is 1.57. The smallest absolute Gasteiger partial charge is 0.274 e. The lowest BCUT2D eigenvalue weighted by Crippen LogP contribution is -1.86. The van der Waals surface area contributed by atoms with Crippen LogP contribution in [0.2, 0.25) is 10.0 Å². The Labute approximate surface area is 91.1 Å². The quantitative estimate of drug-likeness (QED) is 0.729. The van der Waals surface area contributed by atoms with Gasteiger partial charge in [0.15, 0.2) is 5.58 Å². The van der Waals surface area contributed by atoms with Gasteiger partial charge in [-0.1, -0.05) is 23.2 Å². The molecule has 0 saturated carbocycles. The van der Waals surface area contributed by atoms with Gasteiger partial charge in [-0.2, -0.15) is 0 Å². The SMILES string of the molecule is O=S([O-])c1nc2c(Cl)c(Cl)ccc2o1. The summed E-state index contributed by atoms with van der Waals surface area (Å²) in [5.74, 6) is 0. The molecular weight excluding hydrogens is 249 g/mol. The van der Waals surface area contributed by atoms with E-state index >= 15 is 0 Å². The van der Waals surface area contributed by atoms with Gasteiger partial charge in [-0.3, -0.25) is 4.21 Å². The Balaban J connectivity index is 2.77. The molecule has 0 aliphatic carbocycles. The van der Waals surface area contributed by atoms with Crippen molar-refractivity contribution in [3.8, 4) is 0 Å². The van der Waals surface area contributed by atoms with Gasteiger partial charge in [-0.05, 0) is 12.1 Å². The summed E-state index contributed by atoms with van der Waals surface area (Å²) in [6.07, 6.45) is 0. The second kappa shape index (κ2) is 3.51. The Morgan fingerprint density at radius 1 is 1.43 bits per heavy atom. The number of halogens is 2. The summed E-state index contributed by atoms with van der Waals surface area (Å²) in [4.78, 5) is 3.68. The van der Waals surface area contributed by atoms with E-state index < -0.39 is 16.3 Å². The number of oxazole rings is 1. The maximum Gasteiger partial charge on any atom is 0.274 e. The van der Waals surface area contributed by atoms with Crippen LogP contribution >= 0.6 is 23.2 Å². The molecule has 4 nitrogen and oxygen atoms in total. The molecule has 0 saturated heterocycles. The minimum atomic E-state index is -2.51. The van der Waals surface area contributed by atoms with Crippen molar-refractivity contribution in [1.82, 2.24) is 4.98 Å². The van der Waals surface area contributed by atoms with Crippen LogP contribution in [0, 0.1) is 0 Å². The van der Waals surface area contributed by atoms with Crippen molar-refractivity contribution >= 4 is 45.4 Å². The molecule has 1 atom stereocenters. The zero-order valence-electron chi connectivity index (χ0n) is 6.49. The molecule has 14 heavy (non-hydrogen) atoms. The zero-order valence-corrected chi connectivity index (χ0v) is 8.82. The van der Waals surface area contributed by atoms with Crippen molar-refractivity contribution in [3.63, 3.8) is 0 Å². The number of nitrogens with zero attached hydrogens (tertiary/aromatic N) is 1. The van der Waals surface area contributed by atoms with Crippen LogP contribution in [0.3, 0.4) is 0 Å². The Kier molecular flexibility index (Phi) is 2.48. The van der Waals surface area contributed by atoms with Crippen molar-refractivity contribution < 1.29 is 13.2 Å². The fourth-order valence-electron chi connectivity index (χ4n) is 0.988. The van der Waals surface area contributed by atoms with E-state index in [9.17, 15) is 8.76 Å². The maximum absolute atomic E-state index is 10.5. The molecule has 1 aromatic heterocycles. The van der Waals surface area contributed by atoms with E-state index in [1.54, 1.807) is 0 Å². The van der Waals surface area contributed by atoms with Crippen LogP contribution < -0.4 is 0 Å². The van der Waals surface area contributed by atoms with Crippen LogP contribution in [-0.2, 0) is 11.1 Å². The summed E-state index contributed by atoms with van der Waals surface area (Å²) in [7, 11) is 0. The summed E-state index contributed by atoms with van der Waals surface area (Å²) < 4.78 is 26.0. The monoisotopic (exact) mass is 250 g/mol. The van der Waals surface area contributed by atoms with E-state index in [-0.39, 0.29) is 10.5 Å². The molecule has 1 heterocycles. The second-order valence-corrected chi connectivity index (χ2v) is 4.03. The van der Waals surface area contributed by atoms with Gasteiger partial charge in [0.05, 0.1) is 10.0 Å². The Morgan fingerprint density at radius 2 is 2.14 bits per heavy atom. The highest BCUT2D eigenvalue weighted by molar-refractivity contribution is 7.78. The minimum Gasteiger partial charge on any atom is -0.765 e. The highest BCUT2D eigenvalue weighted by Gasteiger charge is 2.11. The molecule has 0 amide bonds. The van der Waals surface area contributed by atoms with E-state index in [1.807, 2.05) is 0 Å². The Morgan fingerprint density at radius 3 is 2.79 bits per heavy atom. The summed E-state index contributed by atoms with van der Waals surface area (Å²) >= 11 is 8.99. The summed E-state index contributed by atoms with van der Waals surface area (Å²) in [5.41, 5.74) is 0.539. The largest absolute Gasteiger partial charge is 0.765 e. The van der Waals surface area contributed by atoms with Gasteiger partial charge in [0, 0.05) is 11.1 Å². The van der Waals surface area contributed by atoms with Crippen LogP contribution in [0.15, 0.2) is 21.8 Å². The molecule has 0 aliphatic heterocycles. The highest BCUT2D eigenvalue weighted by Crippen LogP contribution is 2.30. The average molecular weight is 251 g/mol. The van der Waals surface area contributed by atoms with Gasteiger partial charge in [0.1, 0.15) is 5.52 Å². The maximum atomic E-state index is 10.5. The van der Waals surface area contributed by atoms with E-state index in [2.05, 4.69) is 4.98 Å². The average Bonchev–Trinajstić information content (AvgIpc) is 2.56. The standard InChI is InChI=1S/C7H3Cl2NO3S/c8-3-1-2-4-6(5(3)9)10-7(13-4)14(11)12/h1-2H,(H,11,12)/p-1. The lowest BCUT2D eigenvalue weighted by Gasteiger charge is -1.94. The van der Waals surface area contributed by atoms with Crippen LogP contribution in [0.1, 0.15) is 0 Å². The van der Waals surface area contributed by atoms with E-state index in [1.165, 1.54) is 12.1 Å². The Hall–Kier alpha value is -0.620. The lowest BCUT2D eigenvalue weighted by atomic mass is 10.3. The summed E-state index contributed by atoms with van der Waals surface area (Å²) in [6, 6.07) is 3.02. The third-order valence-corrected chi connectivity index (χ3v) is 2.83. The number of hydrogen-bond acceptors (Lipinski definition) is 4. The van der Waals surface area contributed by atoms with E-state index in [0.717, 1.165) is 0 Å². The van der Waals surface area contributed by atoms with Gasteiger partial charge in [-0.15, -0.1) is 0 Å². The fourth-order valence-corrected chi connectivity index (χ4v) is 1.66. The molecular formula is C7H2Cl2NO3S-. The van der Waals surface area contributed by atoms with Crippen LogP contribution in [-0.4, -0.2) is 13.7 Å². The second-order valence-electron chi connectivity index (χ2n) is 2.42. The van der Waals surface area contributed by atoms with Gasteiger partial charge < -0.3 is 8.97 Å². The molecule has 0 fully saturated rings. The van der Waals surface area contributed by atoms with Crippen molar-refractivity contribution in [3.05, 3.63) is 22.2 Å². The number of fused-ring (bicyclic) bond motifs is 1. The predicted octanol–water partition coefficient (Wildman–Crippen LogP) is 2.37. The summed E-state index contributed by atoms with van der Waals surface area (Å²) in [6.45, 7) is 0. The van der Waals surface area contributed by atoms with Gasteiger partial charge >= 0.3 is 0 Å². The van der Waals surface area contributed by atoms with E-state index in [4.69, 9.17) is 27.6 Å². The molecule has 1 unspecified atom stereocenters. The molecule has 0 radical (unpaired) electrons. The van der Waals surface area contributed by atoms with Crippen molar-refractivity contribution in [2.75, 3.05) is 0 Å². The van der Waals surface area contributed by atoms with Crippen LogP contribution in [0.5, 0.6) is 0 Å². The van der Waals surface area contributed by atoms with Crippen LogP contribution in [0.4, 0.5) is 0 Å². The molecule has 0 aliphatic rings. The first-order chi connectivity index (χ1) is 6.59. The molecule has 1 aromatic carbocycles. The molecule has 0 bridgehead atoms. The zero-order chi connectivity index (χ0) is 10.3. The first-order valence-electron chi connectivity index (χ1n) is 3.43. The van der Waals surface area contributed by atoms with Crippen molar-refractivity contribution in [1.29, 1.82) is 0 Å². The number of hydrogen-bond donors (Lipinski definition) is 0. The number of aromatic nitrogens is 1. The van der Waals surface area contributed by atoms with Crippen LogP contribution in [0.25, 0.3) is 11.1 Å². The number of rotatable bonds is 1. The fraction of sp³-hybridized carbons (Fsp3) is 0. The third kappa shape index (κ3) is 1.52. The highest BCUT2D eigenvalue weighted by atomic mass is 35.5. The molecule has 2 rings (SSSR count). The molecule has 7 heteroatoms. The van der Waals surface area contributed by atoms with Gasteiger partial charge in [-0.25, -0.2) is 4.98 Å². The van der Waals surface area contributed by atoms with Gasteiger partial charge in [0.2, 0.25) is 0 Å². The molecule has 0 N–H and O–H groups in total. The topological polar surface area (TPSA) is 66.2 Å². The Bertz CT molecular complexity index is 525. The lowest BCUT2D eigenvalue weighted by molar-refractivity contribution is 0.439. The summed E-state index contributed by atoms with van der Waals surface area (Å²) in [5, 5.41) is 0.0875. The van der Waals surface area contributed by atoms with Gasteiger partial charge in [0.25, 0.3) is 5.22 Å². The van der Waals surface area contributed by atoms with Crippen molar-refractivity contribution in [2.45, 2.75) is 5.22 Å². The van der Waals surface area contributed by atoms with Crippen molar-refractivity contribution in [2.24, 2.45) is 0 Å². The number of benzene rings is 1. The molecule has 0 spiro atoms.